The third-order valence-corrected chi connectivity index (χ3v) is 3.52. The monoisotopic (exact) mass is 304 g/mol. The van der Waals surface area contributed by atoms with Gasteiger partial charge >= 0.3 is 0 Å². The number of aromatic amines is 1. The Kier molecular flexibility index (Phi) is 3.38. The second kappa shape index (κ2) is 5.19. The summed E-state index contributed by atoms with van der Waals surface area (Å²) >= 11 is 12.0. The minimum atomic E-state index is 0.0538. The highest BCUT2D eigenvalue weighted by atomic mass is 35.5. The van der Waals surface area contributed by atoms with Gasteiger partial charge in [0.25, 0.3) is 0 Å². The number of hydrogen-bond donors (Lipinski definition) is 2. The van der Waals surface area contributed by atoms with Gasteiger partial charge in [-0.2, -0.15) is 0 Å². The summed E-state index contributed by atoms with van der Waals surface area (Å²) < 4.78 is 0. The summed E-state index contributed by atoms with van der Waals surface area (Å²) in [7, 11) is 0. The molecule has 0 bridgehead atoms. The van der Waals surface area contributed by atoms with E-state index in [0.717, 1.165) is 10.9 Å². The van der Waals surface area contributed by atoms with Crippen LogP contribution in [0.5, 0.6) is 5.88 Å². The van der Waals surface area contributed by atoms with Gasteiger partial charge in [-0.3, -0.25) is 4.99 Å². The van der Waals surface area contributed by atoms with Gasteiger partial charge < -0.3 is 10.1 Å². The number of fused-ring (bicyclic) bond motifs is 1. The number of nitrogens with one attached hydrogen (secondary N) is 1. The van der Waals surface area contributed by atoms with Crippen molar-refractivity contribution < 1.29 is 5.11 Å². The molecule has 0 spiro atoms. The molecule has 3 nitrogen and oxygen atoms in total. The van der Waals surface area contributed by atoms with Crippen molar-refractivity contribution >= 4 is 46.0 Å². The first-order valence-electron chi connectivity index (χ1n) is 5.94. The molecule has 5 heteroatoms. The van der Waals surface area contributed by atoms with Gasteiger partial charge in [-0.1, -0.05) is 41.4 Å². The van der Waals surface area contributed by atoms with E-state index >= 15 is 0 Å². The van der Waals surface area contributed by atoms with E-state index in [1.54, 1.807) is 24.4 Å². The number of H-pyrrole nitrogens is 1. The van der Waals surface area contributed by atoms with Crippen LogP contribution >= 0.6 is 23.2 Å². The van der Waals surface area contributed by atoms with Crippen molar-refractivity contribution in [3.63, 3.8) is 0 Å². The Morgan fingerprint density at radius 1 is 1.10 bits per heavy atom. The predicted molar refractivity (Wildman–Crippen MR) is 83.7 cm³/mol. The van der Waals surface area contributed by atoms with E-state index < -0.39 is 0 Å². The lowest BCUT2D eigenvalue weighted by Gasteiger charge is -1.97. The molecule has 0 radical (unpaired) electrons. The van der Waals surface area contributed by atoms with Crippen LogP contribution in [0, 0.1) is 0 Å². The Bertz CT molecular complexity index is 809. The number of aromatic hydroxyl groups is 1. The highest BCUT2D eigenvalue weighted by Crippen LogP contribution is 2.29. The fraction of sp³-hybridized carbons (Fsp3) is 0. The van der Waals surface area contributed by atoms with Crippen LogP contribution in [0.1, 0.15) is 5.56 Å². The van der Waals surface area contributed by atoms with Crippen LogP contribution in [-0.4, -0.2) is 16.3 Å². The zero-order valence-electron chi connectivity index (χ0n) is 10.3. The summed E-state index contributed by atoms with van der Waals surface area (Å²) in [6.07, 6.45) is 1.59. The SMILES string of the molecule is Oc1[nH]c2cc(Cl)ccc2c1C=Nc1ccccc1Cl. The number of nitrogens with zero attached hydrogens (tertiary/aromatic N) is 1. The number of aliphatic imine (C=N–C) groups is 1. The Morgan fingerprint density at radius 3 is 2.70 bits per heavy atom. The second-order valence-corrected chi connectivity index (χ2v) is 5.13. The zero-order valence-corrected chi connectivity index (χ0v) is 11.8. The molecule has 0 saturated carbocycles. The van der Waals surface area contributed by atoms with Crippen molar-refractivity contribution in [1.29, 1.82) is 0 Å². The first-order valence-corrected chi connectivity index (χ1v) is 6.69. The summed E-state index contributed by atoms with van der Waals surface area (Å²) in [5.74, 6) is 0.0538. The minimum Gasteiger partial charge on any atom is -0.494 e. The number of halogens is 2. The van der Waals surface area contributed by atoms with E-state index in [1.807, 2.05) is 24.3 Å². The van der Waals surface area contributed by atoms with Crippen LogP contribution in [0.3, 0.4) is 0 Å². The third-order valence-electron chi connectivity index (χ3n) is 2.97. The van der Waals surface area contributed by atoms with Crippen LogP contribution in [-0.2, 0) is 0 Å². The van der Waals surface area contributed by atoms with Gasteiger partial charge in [0.2, 0.25) is 0 Å². The molecule has 0 saturated heterocycles. The van der Waals surface area contributed by atoms with Crippen molar-refractivity contribution in [3.8, 4) is 5.88 Å². The largest absolute Gasteiger partial charge is 0.494 e. The number of aromatic nitrogens is 1. The Balaban J connectivity index is 2.07. The lowest BCUT2D eigenvalue weighted by molar-refractivity contribution is 0.457. The van der Waals surface area contributed by atoms with Crippen molar-refractivity contribution in [1.82, 2.24) is 4.98 Å². The third kappa shape index (κ3) is 2.38. The van der Waals surface area contributed by atoms with Gasteiger partial charge in [0.05, 0.1) is 21.8 Å². The number of hydrogen-bond acceptors (Lipinski definition) is 2. The molecular formula is C15H10Cl2N2O. The molecule has 0 aliphatic rings. The molecule has 3 rings (SSSR count). The molecule has 0 unspecified atom stereocenters. The maximum atomic E-state index is 9.95. The first-order chi connectivity index (χ1) is 9.65. The van der Waals surface area contributed by atoms with Gasteiger partial charge in [0.1, 0.15) is 0 Å². The number of para-hydroxylation sites is 1. The quantitative estimate of drug-likeness (QED) is 0.648. The predicted octanol–water partition coefficient (Wildman–Crippen LogP) is 4.93. The van der Waals surface area contributed by atoms with Crippen LogP contribution in [0.4, 0.5) is 5.69 Å². The van der Waals surface area contributed by atoms with E-state index in [1.165, 1.54) is 0 Å². The molecule has 0 aliphatic carbocycles. The fourth-order valence-corrected chi connectivity index (χ4v) is 2.36. The number of rotatable bonds is 2. The Hall–Kier alpha value is -1.97. The maximum absolute atomic E-state index is 9.95. The molecule has 100 valence electrons. The summed E-state index contributed by atoms with van der Waals surface area (Å²) in [6, 6.07) is 12.6. The molecular weight excluding hydrogens is 295 g/mol. The highest BCUT2D eigenvalue weighted by molar-refractivity contribution is 6.33. The van der Waals surface area contributed by atoms with Crippen LogP contribution in [0.15, 0.2) is 47.5 Å². The van der Waals surface area contributed by atoms with Crippen LogP contribution in [0.2, 0.25) is 10.0 Å². The molecule has 0 atom stereocenters. The standard InChI is InChI=1S/C15H10Cl2N2O/c16-9-5-6-10-11(15(20)19-14(10)7-9)8-18-13-4-2-1-3-12(13)17/h1-8,19-20H. The maximum Gasteiger partial charge on any atom is 0.198 e. The smallest absolute Gasteiger partial charge is 0.198 e. The van der Waals surface area contributed by atoms with Crippen LogP contribution < -0.4 is 0 Å². The summed E-state index contributed by atoms with van der Waals surface area (Å²) in [4.78, 5) is 7.18. The molecule has 0 aliphatic heterocycles. The highest BCUT2D eigenvalue weighted by Gasteiger charge is 2.09. The average Bonchev–Trinajstić information content (AvgIpc) is 2.73. The molecule has 20 heavy (non-hydrogen) atoms. The lowest BCUT2D eigenvalue weighted by atomic mass is 10.2. The molecule has 0 amide bonds. The number of benzene rings is 2. The summed E-state index contributed by atoms with van der Waals surface area (Å²) in [6.45, 7) is 0. The van der Waals surface area contributed by atoms with Gasteiger partial charge in [-0.15, -0.1) is 0 Å². The van der Waals surface area contributed by atoms with Crippen molar-refractivity contribution in [2.24, 2.45) is 4.99 Å². The molecule has 3 aromatic rings. The van der Waals surface area contributed by atoms with E-state index in [4.69, 9.17) is 23.2 Å². The fourth-order valence-electron chi connectivity index (χ4n) is 2.00. The minimum absolute atomic E-state index is 0.0538. The van der Waals surface area contributed by atoms with Crippen molar-refractivity contribution in [2.45, 2.75) is 0 Å². The van der Waals surface area contributed by atoms with Crippen molar-refractivity contribution in [3.05, 3.63) is 58.1 Å². The molecule has 2 aromatic carbocycles. The summed E-state index contributed by atoms with van der Waals surface area (Å²) in [5, 5.41) is 12.0. The average molecular weight is 305 g/mol. The lowest BCUT2D eigenvalue weighted by Crippen LogP contribution is -1.79. The molecule has 1 aromatic heterocycles. The first kappa shape index (κ1) is 13.0. The van der Waals surface area contributed by atoms with Crippen LogP contribution in [0.25, 0.3) is 10.9 Å². The Morgan fingerprint density at radius 2 is 1.90 bits per heavy atom. The molecule has 1 heterocycles. The molecule has 0 fully saturated rings. The van der Waals surface area contributed by atoms with Crippen molar-refractivity contribution in [2.75, 3.05) is 0 Å². The topological polar surface area (TPSA) is 48.4 Å². The van der Waals surface area contributed by atoms with Gasteiger partial charge in [-0.25, -0.2) is 0 Å². The van der Waals surface area contributed by atoms with E-state index in [-0.39, 0.29) is 5.88 Å². The summed E-state index contributed by atoms with van der Waals surface area (Å²) in [5.41, 5.74) is 2.02. The van der Waals surface area contributed by atoms with E-state index in [9.17, 15) is 5.11 Å². The second-order valence-electron chi connectivity index (χ2n) is 4.29. The zero-order chi connectivity index (χ0) is 14.1. The normalized spacial score (nSPS) is 11.5. The molecule has 2 N–H and O–H groups in total. The van der Waals surface area contributed by atoms with E-state index in [2.05, 4.69) is 9.98 Å². The van der Waals surface area contributed by atoms with Gasteiger partial charge in [0, 0.05) is 16.6 Å². The Labute approximate surface area is 125 Å². The van der Waals surface area contributed by atoms with Gasteiger partial charge in [0.15, 0.2) is 5.88 Å². The van der Waals surface area contributed by atoms with Gasteiger partial charge in [-0.05, 0) is 24.3 Å². The van der Waals surface area contributed by atoms with E-state index in [0.29, 0.717) is 21.3 Å².